The zero-order valence-electron chi connectivity index (χ0n) is 11.1. The number of hydrogen-bond acceptors (Lipinski definition) is 4. The van der Waals surface area contributed by atoms with Crippen molar-refractivity contribution in [1.82, 2.24) is 0 Å². The molecule has 0 saturated carbocycles. The number of esters is 1. The van der Waals surface area contributed by atoms with E-state index in [4.69, 9.17) is 0 Å². The van der Waals surface area contributed by atoms with Gasteiger partial charge in [0.1, 0.15) is 5.82 Å². The van der Waals surface area contributed by atoms with Crippen LogP contribution in [0.1, 0.15) is 36.2 Å². The van der Waals surface area contributed by atoms with E-state index in [1.807, 2.05) is 0 Å². The van der Waals surface area contributed by atoms with Crippen LogP contribution in [0.25, 0.3) is 0 Å². The molecule has 4 nitrogen and oxygen atoms in total. The fourth-order valence-corrected chi connectivity index (χ4v) is 2.99. The van der Waals surface area contributed by atoms with Crippen LogP contribution in [0.5, 0.6) is 0 Å². The third-order valence-electron chi connectivity index (χ3n) is 2.99. The zero-order valence-corrected chi connectivity index (χ0v) is 12.0. The molecule has 0 radical (unpaired) electrons. The lowest BCUT2D eigenvalue weighted by atomic mass is 10.1. The summed E-state index contributed by atoms with van der Waals surface area (Å²) in [7, 11) is -2.15. The molecule has 106 valence electrons. The van der Waals surface area contributed by atoms with Gasteiger partial charge in [-0.2, -0.15) is 0 Å². The lowest BCUT2D eigenvalue weighted by Crippen LogP contribution is -2.19. The average molecular weight is 288 g/mol. The smallest absolute Gasteiger partial charge is 0.340 e. The fourth-order valence-electron chi connectivity index (χ4n) is 1.55. The Morgan fingerprint density at radius 2 is 2.05 bits per heavy atom. The maximum atomic E-state index is 13.7. The van der Waals surface area contributed by atoms with Gasteiger partial charge in [0.2, 0.25) is 0 Å². The van der Waals surface area contributed by atoms with E-state index < -0.39 is 26.9 Å². The van der Waals surface area contributed by atoms with Crippen molar-refractivity contribution in [3.8, 4) is 0 Å². The minimum atomic E-state index is -3.30. The van der Waals surface area contributed by atoms with E-state index in [1.54, 1.807) is 13.8 Å². The second-order valence-corrected chi connectivity index (χ2v) is 6.75. The molecule has 0 bridgehead atoms. The second kappa shape index (κ2) is 6.14. The molecule has 0 aliphatic heterocycles. The molecule has 0 aliphatic rings. The van der Waals surface area contributed by atoms with Crippen molar-refractivity contribution in [2.24, 2.45) is 0 Å². The van der Waals surface area contributed by atoms with Crippen molar-refractivity contribution < 1.29 is 22.3 Å². The number of methoxy groups -OCH3 is 1. The summed E-state index contributed by atoms with van der Waals surface area (Å²) in [4.78, 5) is 11.2. The maximum absolute atomic E-state index is 13.7. The molecular formula is C13H17FO4S. The van der Waals surface area contributed by atoms with Crippen LogP contribution in [0.15, 0.2) is 18.2 Å². The molecule has 0 N–H and O–H groups in total. The number of ether oxygens (including phenoxy) is 1. The van der Waals surface area contributed by atoms with Crippen LogP contribution in [0.4, 0.5) is 4.39 Å². The molecule has 0 spiro atoms. The lowest BCUT2D eigenvalue weighted by Gasteiger charge is -2.11. The predicted octanol–water partition coefficient (Wildman–Crippen LogP) is 2.33. The molecule has 1 unspecified atom stereocenters. The van der Waals surface area contributed by atoms with E-state index in [0.717, 1.165) is 13.2 Å². The second-order valence-electron chi connectivity index (χ2n) is 4.33. The van der Waals surface area contributed by atoms with Gasteiger partial charge in [-0.15, -0.1) is 0 Å². The highest BCUT2D eigenvalue weighted by Gasteiger charge is 2.21. The van der Waals surface area contributed by atoms with Gasteiger partial charge in [-0.1, -0.05) is 13.0 Å². The Hall–Kier alpha value is -1.43. The van der Waals surface area contributed by atoms with Gasteiger partial charge in [-0.3, -0.25) is 0 Å². The van der Waals surface area contributed by atoms with Gasteiger partial charge in [0.15, 0.2) is 9.84 Å². The number of carbonyl (C=O) groups excluding carboxylic acids is 1. The molecule has 1 aromatic rings. The van der Waals surface area contributed by atoms with Crippen molar-refractivity contribution >= 4 is 15.8 Å². The summed E-state index contributed by atoms with van der Waals surface area (Å²) in [6.45, 7) is 3.40. The maximum Gasteiger partial charge on any atom is 0.340 e. The van der Waals surface area contributed by atoms with E-state index in [9.17, 15) is 17.6 Å². The molecule has 1 rings (SSSR count). The van der Waals surface area contributed by atoms with Crippen LogP contribution in [-0.4, -0.2) is 26.7 Å². The quantitative estimate of drug-likeness (QED) is 0.780. The lowest BCUT2D eigenvalue weighted by molar-refractivity contribution is 0.0595. The summed E-state index contributed by atoms with van der Waals surface area (Å²) < 4.78 is 41.9. The van der Waals surface area contributed by atoms with Gasteiger partial charge >= 0.3 is 5.97 Å². The van der Waals surface area contributed by atoms with Crippen molar-refractivity contribution in [2.75, 3.05) is 7.11 Å². The zero-order chi connectivity index (χ0) is 14.6. The first-order valence-corrected chi connectivity index (χ1v) is 7.61. The van der Waals surface area contributed by atoms with Crippen molar-refractivity contribution in [3.63, 3.8) is 0 Å². The number of carbonyl (C=O) groups is 1. The Labute approximate surface area is 112 Å². The summed E-state index contributed by atoms with van der Waals surface area (Å²) in [5.74, 6) is -1.79. The summed E-state index contributed by atoms with van der Waals surface area (Å²) in [6, 6.07) is 3.73. The van der Waals surface area contributed by atoms with Gasteiger partial charge in [-0.05, 0) is 31.0 Å². The molecule has 1 atom stereocenters. The summed E-state index contributed by atoms with van der Waals surface area (Å²) in [5, 5.41) is -0.476. The minimum absolute atomic E-state index is 0.202. The number of sulfone groups is 1. The molecule has 0 aromatic heterocycles. The highest BCUT2D eigenvalue weighted by molar-refractivity contribution is 7.91. The first-order chi connectivity index (χ1) is 8.81. The third kappa shape index (κ3) is 3.76. The number of halogens is 1. The van der Waals surface area contributed by atoms with Crippen LogP contribution in [0.2, 0.25) is 0 Å². The Morgan fingerprint density at radius 3 is 2.53 bits per heavy atom. The number of hydrogen-bond donors (Lipinski definition) is 0. The van der Waals surface area contributed by atoms with Crippen molar-refractivity contribution in [2.45, 2.75) is 31.3 Å². The largest absolute Gasteiger partial charge is 0.465 e. The van der Waals surface area contributed by atoms with Crippen LogP contribution in [0.3, 0.4) is 0 Å². The molecule has 0 saturated heterocycles. The third-order valence-corrected chi connectivity index (χ3v) is 5.29. The van der Waals surface area contributed by atoms with Gasteiger partial charge in [0, 0.05) is 0 Å². The first kappa shape index (κ1) is 15.6. The Kier molecular flexibility index (Phi) is 5.05. The van der Waals surface area contributed by atoms with Gasteiger partial charge in [-0.25, -0.2) is 17.6 Å². The SMILES string of the molecule is CCC(C)S(=O)(=O)Cc1ccc(C(=O)OC)c(F)c1. The van der Waals surface area contributed by atoms with Crippen LogP contribution in [-0.2, 0) is 20.3 Å². The summed E-state index contributed by atoms with van der Waals surface area (Å²) >= 11 is 0. The molecule has 0 fully saturated rings. The Balaban J connectivity index is 3.00. The van der Waals surface area contributed by atoms with Gasteiger partial charge < -0.3 is 4.74 Å². The van der Waals surface area contributed by atoms with Crippen molar-refractivity contribution in [1.29, 1.82) is 0 Å². The van der Waals surface area contributed by atoms with E-state index in [1.165, 1.54) is 12.1 Å². The molecule has 6 heteroatoms. The molecule has 19 heavy (non-hydrogen) atoms. The molecule has 0 aliphatic carbocycles. The number of benzene rings is 1. The number of rotatable bonds is 5. The molecule has 0 heterocycles. The standard InChI is InChI=1S/C13H17FO4S/c1-4-9(2)19(16,17)8-10-5-6-11(12(14)7-10)13(15)18-3/h5-7,9H,4,8H2,1-3H3. The monoisotopic (exact) mass is 288 g/mol. The van der Waals surface area contributed by atoms with Gasteiger partial charge in [0.05, 0.1) is 23.7 Å². The molecular weight excluding hydrogens is 271 g/mol. The van der Waals surface area contributed by atoms with E-state index >= 15 is 0 Å². The molecule has 0 amide bonds. The fraction of sp³-hybridized carbons (Fsp3) is 0.462. The normalized spacial score (nSPS) is 13.1. The summed E-state index contributed by atoms with van der Waals surface area (Å²) in [5.41, 5.74) is 0.123. The van der Waals surface area contributed by atoms with Crippen LogP contribution in [0, 0.1) is 5.82 Å². The predicted molar refractivity (Wildman–Crippen MR) is 70.1 cm³/mol. The average Bonchev–Trinajstić information content (AvgIpc) is 2.36. The van der Waals surface area contributed by atoms with Crippen LogP contribution >= 0.6 is 0 Å². The highest BCUT2D eigenvalue weighted by atomic mass is 32.2. The minimum Gasteiger partial charge on any atom is -0.465 e. The van der Waals surface area contributed by atoms with Gasteiger partial charge in [0.25, 0.3) is 0 Å². The molecule has 1 aromatic carbocycles. The first-order valence-electron chi connectivity index (χ1n) is 5.90. The van der Waals surface area contributed by atoms with E-state index in [-0.39, 0.29) is 11.3 Å². The summed E-state index contributed by atoms with van der Waals surface area (Å²) in [6.07, 6.45) is 0.505. The van der Waals surface area contributed by atoms with Crippen LogP contribution < -0.4 is 0 Å². The van der Waals surface area contributed by atoms with E-state index in [0.29, 0.717) is 12.0 Å². The Morgan fingerprint density at radius 1 is 1.42 bits per heavy atom. The highest BCUT2D eigenvalue weighted by Crippen LogP contribution is 2.17. The topological polar surface area (TPSA) is 60.4 Å². The van der Waals surface area contributed by atoms with Crippen molar-refractivity contribution in [3.05, 3.63) is 35.1 Å². The Bertz CT molecular complexity index is 566. The van der Waals surface area contributed by atoms with E-state index in [2.05, 4.69) is 4.74 Å².